The summed E-state index contributed by atoms with van der Waals surface area (Å²) in [7, 11) is 2.19. The molecule has 1 fully saturated rings. The van der Waals surface area contributed by atoms with Crippen LogP contribution in [0.2, 0.25) is 0 Å². The standard InChI is InChI=1S/C16H26N2O/c1-12-11-18(3)13(2)9-15(12)17-10-16(19)14-7-5-4-6-8-14/h4-8,12-13,15-17,19H,9-11H2,1-3H3/t12-,13-,15+,16+/m1/s1. The fourth-order valence-electron chi connectivity index (χ4n) is 2.88. The Kier molecular flexibility index (Phi) is 4.97. The Morgan fingerprint density at radius 3 is 2.68 bits per heavy atom. The second-order valence-corrected chi connectivity index (χ2v) is 5.94. The van der Waals surface area contributed by atoms with E-state index in [1.807, 2.05) is 30.3 Å². The first kappa shape index (κ1) is 14.5. The number of nitrogens with one attached hydrogen (secondary N) is 1. The van der Waals surface area contributed by atoms with Gasteiger partial charge in [0, 0.05) is 25.2 Å². The summed E-state index contributed by atoms with van der Waals surface area (Å²) in [5, 5.41) is 13.7. The molecule has 1 aliphatic heterocycles. The molecular weight excluding hydrogens is 236 g/mol. The van der Waals surface area contributed by atoms with Crippen molar-refractivity contribution >= 4 is 0 Å². The highest BCUT2D eigenvalue weighted by Crippen LogP contribution is 2.21. The molecule has 1 heterocycles. The summed E-state index contributed by atoms with van der Waals surface area (Å²) in [5.74, 6) is 0.629. The van der Waals surface area contributed by atoms with Crippen LogP contribution in [-0.2, 0) is 0 Å². The molecule has 2 rings (SSSR count). The molecule has 0 aromatic heterocycles. The quantitative estimate of drug-likeness (QED) is 0.871. The normalized spacial score (nSPS) is 30.2. The van der Waals surface area contributed by atoms with Crippen LogP contribution in [0.25, 0.3) is 0 Å². The molecule has 0 spiro atoms. The highest BCUT2D eigenvalue weighted by atomic mass is 16.3. The van der Waals surface area contributed by atoms with E-state index in [1.54, 1.807) is 0 Å². The first-order valence-corrected chi connectivity index (χ1v) is 7.24. The number of hydrogen-bond acceptors (Lipinski definition) is 3. The molecule has 3 nitrogen and oxygen atoms in total. The van der Waals surface area contributed by atoms with Crippen molar-refractivity contribution < 1.29 is 5.11 Å². The Balaban J connectivity index is 1.85. The van der Waals surface area contributed by atoms with Crippen LogP contribution in [0, 0.1) is 5.92 Å². The van der Waals surface area contributed by atoms with Gasteiger partial charge in [-0.05, 0) is 31.9 Å². The van der Waals surface area contributed by atoms with Gasteiger partial charge < -0.3 is 15.3 Å². The fraction of sp³-hybridized carbons (Fsp3) is 0.625. The summed E-state index contributed by atoms with van der Waals surface area (Å²) in [4.78, 5) is 2.41. The predicted octanol–water partition coefficient (Wildman–Crippen LogP) is 2.04. The van der Waals surface area contributed by atoms with Crippen LogP contribution >= 0.6 is 0 Å². The molecule has 3 heteroatoms. The largest absolute Gasteiger partial charge is 0.387 e. The number of aliphatic hydroxyl groups excluding tert-OH is 1. The minimum atomic E-state index is -0.414. The van der Waals surface area contributed by atoms with Gasteiger partial charge in [-0.1, -0.05) is 37.3 Å². The lowest BCUT2D eigenvalue weighted by Crippen LogP contribution is -2.51. The summed E-state index contributed by atoms with van der Waals surface area (Å²) in [6.07, 6.45) is 0.738. The van der Waals surface area contributed by atoms with Crippen molar-refractivity contribution in [3.8, 4) is 0 Å². The maximum Gasteiger partial charge on any atom is 0.0914 e. The zero-order valence-electron chi connectivity index (χ0n) is 12.2. The predicted molar refractivity (Wildman–Crippen MR) is 79.1 cm³/mol. The maximum absolute atomic E-state index is 10.2. The Morgan fingerprint density at radius 1 is 1.32 bits per heavy atom. The van der Waals surface area contributed by atoms with E-state index in [0.717, 1.165) is 18.5 Å². The van der Waals surface area contributed by atoms with Gasteiger partial charge in [0.05, 0.1) is 6.10 Å². The Morgan fingerprint density at radius 2 is 2.00 bits per heavy atom. The average Bonchev–Trinajstić information content (AvgIpc) is 2.42. The Hall–Kier alpha value is -0.900. The van der Waals surface area contributed by atoms with Crippen LogP contribution in [0.15, 0.2) is 30.3 Å². The fourth-order valence-corrected chi connectivity index (χ4v) is 2.88. The molecule has 0 unspecified atom stereocenters. The van der Waals surface area contributed by atoms with Crippen molar-refractivity contribution in [1.29, 1.82) is 0 Å². The van der Waals surface area contributed by atoms with Crippen molar-refractivity contribution in [3.05, 3.63) is 35.9 Å². The number of likely N-dealkylation sites (tertiary alicyclic amines) is 1. The lowest BCUT2D eigenvalue weighted by atomic mass is 9.89. The molecule has 0 radical (unpaired) electrons. The monoisotopic (exact) mass is 262 g/mol. The smallest absolute Gasteiger partial charge is 0.0914 e. The molecule has 19 heavy (non-hydrogen) atoms. The van der Waals surface area contributed by atoms with Crippen LogP contribution in [-0.4, -0.2) is 42.2 Å². The van der Waals surface area contributed by atoms with Crippen LogP contribution in [0.3, 0.4) is 0 Å². The van der Waals surface area contributed by atoms with Gasteiger partial charge in [0.25, 0.3) is 0 Å². The molecule has 1 aromatic rings. The van der Waals surface area contributed by atoms with Gasteiger partial charge in [-0.3, -0.25) is 0 Å². The summed E-state index contributed by atoms with van der Waals surface area (Å²) in [6, 6.07) is 11.0. The highest BCUT2D eigenvalue weighted by Gasteiger charge is 2.28. The van der Waals surface area contributed by atoms with Crippen molar-refractivity contribution in [3.63, 3.8) is 0 Å². The number of aliphatic hydroxyl groups is 1. The van der Waals surface area contributed by atoms with Gasteiger partial charge >= 0.3 is 0 Å². The molecule has 0 bridgehead atoms. The zero-order chi connectivity index (χ0) is 13.8. The second kappa shape index (κ2) is 6.51. The van der Waals surface area contributed by atoms with Crippen LogP contribution in [0.1, 0.15) is 31.9 Å². The summed E-state index contributed by atoms with van der Waals surface area (Å²) in [6.45, 7) is 6.32. The third-order valence-electron chi connectivity index (χ3n) is 4.37. The maximum atomic E-state index is 10.2. The SMILES string of the molecule is C[C@@H]1CN(C)[C@H](C)C[C@@H]1NC[C@H](O)c1ccccc1. The van der Waals surface area contributed by atoms with E-state index in [9.17, 15) is 5.11 Å². The van der Waals surface area contributed by atoms with E-state index in [4.69, 9.17) is 0 Å². The van der Waals surface area contributed by atoms with Gasteiger partial charge in [-0.25, -0.2) is 0 Å². The van der Waals surface area contributed by atoms with Gasteiger partial charge in [0.15, 0.2) is 0 Å². The van der Waals surface area contributed by atoms with Crippen LogP contribution in [0.5, 0.6) is 0 Å². The Bertz CT molecular complexity index is 382. The summed E-state index contributed by atoms with van der Waals surface area (Å²) < 4.78 is 0. The summed E-state index contributed by atoms with van der Waals surface area (Å²) >= 11 is 0. The van der Waals surface area contributed by atoms with E-state index in [-0.39, 0.29) is 0 Å². The first-order valence-electron chi connectivity index (χ1n) is 7.24. The van der Waals surface area contributed by atoms with Crippen molar-refractivity contribution in [2.45, 2.75) is 38.5 Å². The number of piperidine rings is 1. The molecule has 0 saturated carbocycles. The molecule has 2 N–H and O–H groups in total. The van der Waals surface area contributed by atoms with Crippen LogP contribution < -0.4 is 5.32 Å². The van der Waals surface area contributed by atoms with E-state index in [1.165, 1.54) is 0 Å². The van der Waals surface area contributed by atoms with E-state index in [0.29, 0.717) is 24.5 Å². The van der Waals surface area contributed by atoms with E-state index in [2.05, 4.69) is 31.1 Å². The topological polar surface area (TPSA) is 35.5 Å². The molecule has 1 aromatic carbocycles. The third-order valence-corrected chi connectivity index (χ3v) is 4.37. The molecular formula is C16H26N2O. The third kappa shape index (κ3) is 3.78. The molecule has 106 valence electrons. The average molecular weight is 262 g/mol. The van der Waals surface area contributed by atoms with E-state index >= 15 is 0 Å². The van der Waals surface area contributed by atoms with Crippen molar-refractivity contribution in [2.24, 2.45) is 5.92 Å². The molecule has 1 aliphatic rings. The minimum absolute atomic E-state index is 0.414. The molecule has 1 saturated heterocycles. The molecule has 0 aliphatic carbocycles. The van der Waals surface area contributed by atoms with Gasteiger partial charge in [-0.2, -0.15) is 0 Å². The van der Waals surface area contributed by atoms with Gasteiger partial charge in [0.1, 0.15) is 0 Å². The van der Waals surface area contributed by atoms with Crippen molar-refractivity contribution in [2.75, 3.05) is 20.1 Å². The lowest BCUT2D eigenvalue weighted by molar-refractivity contribution is 0.106. The van der Waals surface area contributed by atoms with Gasteiger partial charge in [-0.15, -0.1) is 0 Å². The zero-order valence-corrected chi connectivity index (χ0v) is 12.2. The van der Waals surface area contributed by atoms with Crippen molar-refractivity contribution in [1.82, 2.24) is 10.2 Å². The highest BCUT2D eigenvalue weighted by molar-refractivity contribution is 5.17. The van der Waals surface area contributed by atoms with Gasteiger partial charge in [0.2, 0.25) is 0 Å². The van der Waals surface area contributed by atoms with E-state index < -0.39 is 6.10 Å². The number of nitrogens with zero attached hydrogens (tertiary/aromatic N) is 1. The minimum Gasteiger partial charge on any atom is -0.387 e. The Labute approximate surface area is 116 Å². The second-order valence-electron chi connectivity index (χ2n) is 5.94. The van der Waals surface area contributed by atoms with Crippen LogP contribution in [0.4, 0.5) is 0 Å². The number of benzene rings is 1. The lowest BCUT2D eigenvalue weighted by Gasteiger charge is -2.40. The molecule has 4 atom stereocenters. The number of hydrogen-bond donors (Lipinski definition) is 2. The summed E-state index contributed by atoms with van der Waals surface area (Å²) in [5.41, 5.74) is 0.989. The number of rotatable bonds is 4. The first-order chi connectivity index (χ1) is 9.08. The molecule has 0 amide bonds.